The predicted molar refractivity (Wildman–Crippen MR) is 77.7 cm³/mol. The van der Waals surface area contributed by atoms with Crippen LogP contribution in [0.25, 0.3) is 0 Å². The summed E-state index contributed by atoms with van der Waals surface area (Å²) < 4.78 is 0. The van der Waals surface area contributed by atoms with Crippen LogP contribution in [0.3, 0.4) is 0 Å². The number of hydrogen-bond acceptors (Lipinski definition) is 2. The molecule has 0 aliphatic carbocycles. The first-order chi connectivity index (χ1) is 9.22. The molecule has 0 spiro atoms. The first-order valence-electron chi connectivity index (χ1n) is 7.26. The molecular formula is C16H24N2O. The van der Waals surface area contributed by atoms with Gasteiger partial charge in [0.1, 0.15) is 0 Å². The van der Waals surface area contributed by atoms with Crippen LogP contribution in [0.4, 0.5) is 0 Å². The van der Waals surface area contributed by atoms with E-state index in [-0.39, 0.29) is 5.91 Å². The molecule has 0 saturated carbocycles. The second-order valence-corrected chi connectivity index (χ2v) is 5.46. The average Bonchev–Trinajstić information content (AvgIpc) is 2.79. The normalized spacial score (nSPS) is 22.7. The van der Waals surface area contributed by atoms with Crippen molar-refractivity contribution >= 4 is 5.91 Å². The second-order valence-electron chi connectivity index (χ2n) is 5.46. The predicted octanol–water partition coefficient (Wildman–Crippen LogP) is 2.21. The smallest absolute Gasteiger partial charge is 0.222 e. The van der Waals surface area contributed by atoms with Crippen LogP contribution in [0.15, 0.2) is 30.3 Å². The lowest BCUT2D eigenvalue weighted by atomic mass is 9.93. The number of hydrogen-bond donors (Lipinski definition) is 1. The summed E-state index contributed by atoms with van der Waals surface area (Å²) in [5, 5.41) is 0. The molecule has 0 aromatic heterocycles. The number of amides is 1. The van der Waals surface area contributed by atoms with E-state index in [1.165, 1.54) is 5.56 Å². The lowest BCUT2D eigenvalue weighted by Gasteiger charge is -2.25. The van der Waals surface area contributed by atoms with Crippen molar-refractivity contribution in [1.29, 1.82) is 0 Å². The van der Waals surface area contributed by atoms with E-state index >= 15 is 0 Å². The van der Waals surface area contributed by atoms with Gasteiger partial charge in [0.25, 0.3) is 0 Å². The SMILES string of the molecule is C[C@H]1[C@H](Cc2ccccc2)CCN1C(=O)CCCN. The van der Waals surface area contributed by atoms with E-state index in [1.807, 2.05) is 11.0 Å². The van der Waals surface area contributed by atoms with E-state index in [0.717, 1.165) is 25.8 Å². The Hall–Kier alpha value is -1.35. The van der Waals surface area contributed by atoms with E-state index in [9.17, 15) is 4.79 Å². The maximum atomic E-state index is 12.1. The highest BCUT2D eigenvalue weighted by Gasteiger charge is 2.33. The van der Waals surface area contributed by atoms with Gasteiger partial charge in [0.15, 0.2) is 0 Å². The zero-order chi connectivity index (χ0) is 13.7. The van der Waals surface area contributed by atoms with Gasteiger partial charge in [-0.1, -0.05) is 30.3 Å². The van der Waals surface area contributed by atoms with E-state index in [2.05, 4.69) is 31.2 Å². The van der Waals surface area contributed by atoms with Crippen molar-refractivity contribution in [3.05, 3.63) is 35.9 Å². The summed E-state index contributed by atoms with van der Waals surface area (Å²) in [5.74, 6) is 0.859. The molecule has 1 heterocycles. The van der Waals surface area contributed by atoms with E-state index in [1.54, 1.807) is 0 Å². The van der Waals surface area contributed by atoms with Gasteiger partial charge in [-0.05, 0) is 44.2 Å². The second kappa shape index (κ2) is 6.71. The van der Waals surface area contributed by atoms with Crippen LogP contribution in [0, 0.1) is 5.92 Å². The zero-order valence-electron chi connectivity index (χ0n) is 11.7. The molecule has 1 aliphatic heterocycles. The van der Waals surface area contributed by atoms with Gasteiger partial charge in [-0.25, -0.2) is 0 Å². The standard InChI is InChI=1S/C16H24N2O/c1-13-15(12-14-6-3-2-4-7-14)9-11-18(13)16(19)8-5-10-17/h2-4,6-7,13,15H,5,8-12,17H2,1H3/t13-,15-/m0/s1. The van der Waals surface area contributed by atoms with Crippen molar-refractivity contribution in [2.75, 3.05) is 13.1 Å². The molecule has 3 nitrogen and oxygen atoms in total. The summed E-state index contributed by atoms with van der Waals surface area (Å²) in [4.78, 5) is 14.1. The maximum absolute atomic E-state index is 12.1. The molecule has 3 heteroatoms. The Bertz CT molecular complexity index is 404. The number of nitrogens with two attached hydrogens (primary N) is 1. The highest BCUT2D eigenvalue weighted by Crippen LogP contribution is 2.28. The third kappa shape index (κ3) is 3.57. The molecule has 0 bridgehead atoms. The molecule has 1 saturated heterocycles. The lowest BCUT2D eigenvalue weighted by molar-refractivity contribution is -0.132. The van der Waals surface area contributed by atoms with E-state index in [0.29, 0.717) is 24.9 Å². The first kappa shape index (κ1) is 14.1. The summed E-state index contributed by atoms with van der Waals surface area (Å²) in [6.07, 6.45) is 3.58. The van der Waals surface area contributed by atoms with Crippen LogP contribution in [0.5, 0.6) is 0 Å². The molecular weight excluding hydrogens is 236 g/mol. The van der Waals surface area contributed by atoms with Gasteiger partial charge in [0.05, 0.1) is 0 Å². The molecule has 0 radical (unpaired) electrons. The Balaban J connectivity index is 1.90. The highest BCUT2D eigenvalue weighted by molar-refractivity contribution is 5.76. The summed E-state index contributed by atoms with van der Waals surface area (Å²) in [7, 11) is 0. The number of benzene rings is 1. The topological polar surface area (TPSA) is 46.3 Å². The molecule has 1 aliphatic rings. The van der Waals surface area contributed by atoms with Gasteiger partial charge in [0, 0.05) is 19.0 Å². The first-order valence-corrected chi connectivity index (χ1v) is 7.26. The summed E-state index contributed by atoms with van der Waals surface area (Å²) >= 11 is 0. The minimum atomic E-state index is 0.272. The quantitative estimate of drug-likeness (QED) is 0.882. The van der Waals surface area contributed by atoms with E-state index < -0.39 is 0 Å². The van der Waals surface area contributed by atoms with Crippen molar-refractivity contribution < 1.29 is 4.79 Å². The molecule has 1 fully saturated rings. The molecule has 2 N–H and O–H groups in total. The fourth-order valence-electron chi connectivity index (χ4n) is 2.94. The molecule has 1 amide bonds. The fourth-order valence-corrected chi connectivity index (χ4v) is 2.94. The molecule has 0 unspecified atom stereocenters. The molecule has 1 aromatic rings. The number of carbonyl (C=O) groups is 1. The van der Waals surface area contributed by atoms with Crippen LogP contribution < -0.4 is 5.73 Å². The Kier molecular flexibility index (Phi) is 4.97. The zero-order valence-corrected chi connectivity index (χ0v) is 11.7. The Morgan fingerprint density at radius 1 is 1.37 bits per heavy atom. The largest absolute Gasteiger partial charge is 0.340 e. The van der Waals surface area contributed by atoms with Crippen LogP contribution in [-0.4, -0.2) is 29.9 Å². The third-order valence-electron chi connectivity index (χ3n) is 4.17. The molecule has 104 valence electrons. The number of likely N-dealkylation sites (tertiary alicyclic amines) is 1. The minimum Gasteiger partial charge on any atom is -0.340 e. The maximum Gasteiger partial charge on any atom is 0.222 e. The summed E-state index contributed by atoms with van der Waals surface area (Å²) in [6, 6.07) is 10.9. The van der Waals surface area contributed by atoms with Crippen LogP contribution >= 0.6 is 0 Å². The number of carbonyl (C=O) groups excluding carboxylic acids is 1. The molecule has 19 heavy (non-hydrogen) atoms. The van der Waals surface area contributed by atoms with Gasteiger partial charge >= 0.3 is 0 Å². The fraction of sp³-hybridized carbons (Fsp3) is 0.562. The Morgan fingerprint density at radius 3 is 2.79 bits per heavy atom. The third-order valence-corrected chi connectivity index (χ3v) is 4.17. The van der Waals surface area contributed by atoms with Gasteiger partial charge in [-0.2, -0.15) is 0 Å². The summed E-state index contributed by atoms with van der Waals surface area (Å²) in [6.45, 7) is 3.68. The van der Waals surface area contributed by atoms with Crippen molar-refractivity contribution in [3.63, 3.8) is 0 Å². The van der Waals surface area contributed by atoms with Gasteiger partial charge in [-0.3, -0.25) is 4.79 Å². The van der Waals surface area contributed by atoms with E-state index in [4.69, 9.17) is 5.73 Å². The minimum absolute atomic E-state index is 0.272. The highest BCUT2D eigenvalue weighted by atomic mass is 16.2. The van der Waals surface area contributed by atoms with Crippen molar-refractivity contribution in [1.82, 2.24) is 4.90 Å². The molecule has 2 rings (SSSR count). The van der Waals surface area contributed by atoms with Crippen molar-refractivity contribution in [2.45, 2.75) is 38.6 Å². The lowest BCUT2D eigenvalue weighted by Crippen LogP contribution is -2.36. The Morgan fingerprint density at radius 2 is 2.11 bits per heavy atom. The Labute approximate surface area is 115 Å². The van der Waals surface area contributed by atoms with Gasteiger partial charge in [-0.15, -0.1) is 0 Å². The monoisotopic (exact) mass is 260 g/mol. The van der Waals surface area contributed by atoms with Crippen molar-refractivity contribution in [2.24, 2.45) is 11.7 Å². The van der Waals surface area contributed by atoms with Crippen molar-refractivity contribution in [3.8, 4) is 0 Å². The van der Waals surface area contributed by atoms with Crippen LogP contribution in [0.2, 0.25) is 0 Å². The van der Waals surface area contributed by atoms with Gasteiger partial charge < -0.3 is 10.6 Å². The molecule has 2 atom stereocenters. The average molecular weight is 260 g/mol. The van der Waals surface area contributed by atoms with Gasteiger partial charge in [0.2, 0.25) is 5.91 Å². The molecule has 1 aromatic carbocycles. The van der Waals surface area contributed by atoms with Crippen LogP contribution in [0.1, 0.15) is 31.7 Å². The number of rotatable bonds is 5. The number of nitrogens with zero attached hydrogens (tertiary/aromatic N) is 1. The van der Waals surface area contributed by atoms with Crippen LogP contribution in [-0.2, 0) is 11.2 Å². The summed E-state index contributed by atoms with van der Waals surface area (Å²) in [5.41, 5.74) is 6.84.